The van der Waals surface area contributed by atoms with Crippen molar-refractivity contribution in [2.45, 2.75) is 63.8 Å². The van der Waals surface area contributed by atoms with Gasteiger partial charge in [0.2, 0.25) is 10.0 Å². The number of carbonyl (C=O) groups excluding carboxylic acids is 1. The van der Waals surface area contributed by atoms with E-state index in [1.54, 1.807) is 4.72 Å². The molecule has 0 spiro atoms. The average Bonchev–Trinajstić information content (AvgIpc) is 3.09. The monoisotopic (exact) mass is 575 g/mol. The summed E-state index contributed by atoms with van der Waals surface area (Å²) in [6, 6.07) is 0.0322. The van der Waals surface area contributed by atoms with Crippen LogP contribution in [0.15, 0.2) is 17.0 Å². The van der Waals surface area contributed by atoms with Crippen LogP contribution < -0.4 is 10.0 Å². The largest absolute Gasteiger partial charge is 0.404 e. The highest BCUT2D eigenvalue weighted by atomic mass is 35.5. The predicted molar refractivity (Wildman–Crippen MR) is 131 cm³/mol. The second-order valence-electron chi connectivity index (χ2n) is 9.01. The van der Waals surface area contributed by atoms with E-state index in [4.69, 9.17) is 23.2 Å². The highest BCUT2D eigenvalue weighted by Crippen LogP contribution is 2.42. The molecule has 7 nitrogen and oxygen atoms in total. The number of amides is 1. The molecule has 1 atom stereocenters. The van der Waals surface area contributed by atoms with Crippen LogP contribution in [-0.4, -0.2) is 48.8 Å². The molecule has 1 heterocycles. The van der Waals surface area contributed by atoms with Crippen molar-refractivity contribution < 1.29 is 31.5 Å². The molecule has 14 heteroatoms. The zero-order valence-electron chi connectivity index (χ0n) is 19.5. The molecule has 35 heavy (non-hydrogen) atoms. The molecule has 0 saturated carbocycles. The first-order valence-corrected chi connectivity index (χ1v) is 13.5. The van der Waals surface area contributed by atoms with Gasteiger partial charge in [-0.05, 0) is 39.2 Å². The number of benzene rings is 1. The second-order valence-corrected chi connectivity index (χ2v) is 12.4. The van der Waals surface area contributed by atoms with Crippen molar-refractivity contribution in [2.75, 3.05) is 6.54 Å². The van der Waals surface area contributed by atoms with Crippen LogP contribution in [0.4, 0.5) is 13.2 Å². The summed E-state index contributed by atoms with van der Waals surface area (Å²) in [5, 5.41) is 11.9. The van der Waals surface area contributed by atoms with Gasteiger partial charge in [0, 0.05) is 12.1 Å². The number of hydrogen-bond acceptors (Lipinski definition) is 6. The Balaban J connectivity index is 2.51. The third-order valence-electron chi connectivity index (χ3n) is 4.58. The lowest BCUT2D eigenvalue weighted by atomic mass is 10.0. The summed E-state index contributed by atoms with van der Waals surface area (Å²) in [7, 11) is -4.64. The van der Waals surface area contributed by atoms with Crippen molar-refractivity contribution >= 4 is 50.5 Å². The van der Waals surface area contributed by atoms with E-state index in [9.17, 15) is 31.5 Å². The van der Waals surface area contributed by atoms with Crippen LogP contribution >= 0.6 is 34.5 Å². The van der Waals surface area contributed by atoms with Gasteiger partial charge in [0.25, 0.3) is 5.91 Å². The SMILES string of the molecule is CC(C)Cc1nc(C(=O)NCC(C)(C)O)sc1-c1ccc(S(=O)(=O)N[C@@H](C)C(F)(F)F)c(Cl)c1Cl. The average molecular weight is 576 g/mol. The molecule has 3 N–H and O–H groups in total. The third kappa shape index (κ3) is 7.77. The number of nitrogens with zero attached hydrogens (tertiary/aromatic N) is 1. The molecule has 0 saturated heterocycles. The van der Waals surface area contributed by atoms with Gasteiger partial charge in [-0.3, -0.25) is 4.79 Å². The number of nitrogens with one attached hydrogen (secondary N) is 2. The molecule has 0 aliphatic rings. The van der Waals surface area contributed by atoms with E-state index in [1.165, 1.54) is 19.9 Å². The lowest BCUT2D eigenvalue weighted by Gasteiger charge is -2.18. The summed E-state index contributed by atoms with van der Waals surface area (Å²) in [6.45, 7) is 7.60. The number of aromatic nitrogens is 1. The van der Waals surface area contributed by atoms with Crippen molar-refractivity contribution in [3.8, 4) is 10.4 Å². The van der Waals surface area contributed by atoms with Crippen LogP contribution in [0, 0.1) is 5.92 Å². The summed E-state index contributed by atoms with van der Waals surface area (Å²) < 4.78 is 65.2. The van der Waals surface area contributed by atoms with Crippen molar-refractivity contribution in [1.82, 2.24) is 15.0 Å². The molecule has 0 fully saturated rings. The molecular weight excluding hydrogens is 550 g/mol. The molecule has 0 aliphatic heterocycles. The zero-order chi connectivity index (χ0) is 26.9. The predicted octanol–water partition coefficient (Wildman–Crippen LogP) is 5.05. The molecule has 1 aromatic heterocycles. The number of carbonyl (C=O) groups is 1. The highest BCUT2D eigenvalue weighted by Gasteiger charge is 2.39. The van der Waals surface area contributed by atoms with Crippen molar-refractivity contribution in [1.29, 1.82) is 0 Å². The summed E-state index contributed by atoms with van der Waals surface area (Å²) in [6.07, 6.45) is -4.33. The molecule has 2 rings (SSSR count). The number of alkyl halides is 3. The van der Waals surface area contributed by atoms with Crippen LogP contribution in [-0.2, 0) is 16.4 Å². The van der Waals surface area contributed by atoms with Gasteiger partial charge < -0.3 is 10.4 Å². The Labute approximate surface area is 216 Å². The van der Waals surface area contributed by atoms with E-state index < -0.39 is 43.7 Å². The fourth-order valence-electron chi connectivity index (χ4n) is 2.83. The standard InChI is InChI=1S/C21H26Cl2F3N3O4S2/c1-10(2)8-13-17(34-19(28-13)18(30)27-9-20(4,5)31)12-6-7-14(16(23)15(12)22)35(32,33)29-11(3)21(24,25)26/h6-7,10-11,29,31H,8-9H2,1-5H3,(H,27,30)/t11-/m0/s1. The van der Waals surface area contributed by atoms with E-state index in [1.807, 2.05) is 13.8 Å². The first kappa shape index (κ1) is 29.8. The van der Waals surface area contributed by atoms with E-state index in [0.717, 1.165) is 17.4 Å². The van der Waals surface area contributed by atoms with Crippen LogP contribution in [0.2, 0.25) is 10.0 Å². The molecule has 2 aromatic rings. The number of hydrogen-bond donors (Lipinski definition) is 3. The van der Waals surface area contributed by atoms with Gasteiger partial charge >= 0.3 is 6.18 Å². The number of halogens is 5. The molecule has 0 bridgehead atoms. The van der Waals surface area contributed by atoms with Crippen LogP contribution in [0.25, 0.3) is 10.4 Å². The minimum Gasteiger partial charge on any atom is -0.389 e. The molecule has 0 unspecified atom stereocenters. The smallest absolute Gasteiger partial charge is 0.389 e. The molecule has 196 valence electrons. The van der Waals surface area contributed by atoms with Gasteiger partial charge in [-0.15, -0.1) is 11.3 Å². The van der Waals surface area contributed by atoms with E-state index in [-0.39, 0.29) is 28.1 Å². The van der Waals surface area contributed by atoms with Crippen LogP contribution in [0.3, 0.4) is 0 Å². The van der Waals surface area contributed by atoms with Crippen molar-refractivity contribution in [3.05, 3.63) is 32.9 Å². The van der Waals surface area contributed by atoms with Crippen LogP contribution in [0.1, 0.15) is 50.1 Å². The van der Waals surface area contributed by atoms with E-state index >= 15 is 0 Å². The van der Waals surface area contributed by atoms with Gasteiger partial charge in [-0.2, -0.15) is 17.9 Å². The highest BCUT2D eigenvalue weighted by molar-refractivity contribution is 7.89. The van der Waals surface area contributed by atoms with Gasteiger partial charge in [-0.25, -0.2) is 13.4 Å². The number of sulfonamides is 1. The van der Waals surface area contributed by atoms with Crippen molar-refractivity contribution in [2.24, 2.45) is 5.92 Å². The molecular formula is C21H26Cl2F3N3O4S2. The Morgan fingerprint density at radius 1 is 1.17 bits per heavy atom. The number of rotatable bonds is 9. The lowest BCUT2D eigenvalue weighted by Crippen LogP contribution is -2.43. The fraction of sp³-hybridized carbons (Fsp3) is 0.524. The van der Waals surface area contributed by atoms with Gasteiger partial charge in [-0.1, -0.05) is 43.1 Å². The van der Waals surface area contributed by atoms with Gasteiger partial charge in [0.15, 0.2) is 5.01 Å². The van der Waals surface area contributed by atoms with Gasteiger partial charge in [0.05, 0.1) is 26.2 Å². The maximum atomic E-state index is 12.9. The quantitative estimate of drug-likeness (QED) is 0.388. The summed E-state index contributed by atoms with van der Waals surface area (Å²) >= 11 is 13.6. The summed E-state index contributed by atoms with van der Waals surface area (Å²) in [5.74, 6) is -0.370. The number of aliphatic hydroxyl groups is 1. The lowest BCUT2D eigenvalue weighted by molar-refractivity contribution is -0.147. The molecule has 1 amide bonds. The summed E-state index contributed by atoms with van der Waals surface area (Å²) in [4.78, 5) is 16.8. The normalized spacial score (nSPS) is 13.8. The maximum Gasteiger partial charge on any atom is 0.404 e. The van der Waals surface area contributed by atoms with E-state index in [0.29, 0.717) is 23.9 Å². The Bertz CT molecular complexity index is 1190. The fourth-order valence-corrected chi connectivity index (χ4v) is 6.03. The van der Waals surface area contributed by atoms with E-state index in [2.05, 4.69) is 10.3 Å². The number of thiazole rings is 1. The van der Waals surface area contributed by atoms with Gasteiger partial charge in [0.1, 0.15) is 10.9 Å². The first-order chi connectivity index (χ1) is 15.8. The minimum absolute atomic E-state index is 0.0112. The minimum atomic E-state index is -4.79. The first-order valence-electron chi connectivity index (χ1n) is 10.4. The molecule has 0 radical (unpaired) electrons. The Morgan fingerprint density at radius 2 is 1.77 bits per heavy atom. The molecule has 1 aromatic carbocycles. The Hall–Kier alpha value is -1.44. The zero-order valence-corrected chi connectivity index (χ0v) is 22.7. The topological polar surface area (TPSA) is 108 Å². The second kappa shape index (κ2) is 10.9. The maximum absolute atomic E-state index is 12.9. The van der Waals surface area contributed by atoms with Crippen LogP contribution in [0.5, 0.6) is 0 Å². The Morgan fingerprint density at radius 3 is 2.29 bits per heavy atom. The summed E-state index contributed by atoms with van der Waals surface area (Å²) in [5.41, 5.74) is -0.322. The Kier molecular flexibility index (Phi) is 9.27. The molecule has 0 aliphatic carbocycles. The third-order valence-corrected chi connectivity index (χ3v) is 8.29. The van der Waals surface area contributed by atoms with Crippen molar-refractivity contribution in [3.63, 3.8) is 0 Å².